The summed E-state index contributed by atoms with van der Waals surface area (Å²) >= 11 is 0. The number of aliphatic hydroxyl groups excluding tert-OH is 2. The van der Waals surface area contributed by atoms with Crippen molar-refractivity contribution in [2.45, 2.75) is 62.2 Å². The molecule has 3 aliphatic rings. The van der Waals surface area contributed by atoms with Gasteiger partial charge in [-0.1, -0.05) is 12.0 Å². The molecule has 29 heavy (non-hydrogen) atoms. The van der Waals surface area contributed by atoms with Gasteiger partial charge in [0.2, 0.25) is 0 Å². The van der Waals surface area contributed by atoms with E-state index >= 15 is 0 Å². The van der Waals surface area contributed by atoms with Crippen LogP contribution in [-0.2, 0) is 48.2 Å². The third kappa shape index (κ3) is 4.87. The predicted molar refractivity (Wildman–Crippen MR) is 86.2 cm³/mol. The largest absolute Gasteiger partial charge is 0.397 e. The van der Waals surface area contributed by atoms with E-state index in [1.54, 1.807) is 6.92 Å². The van der Waals surface area contributed by atoms with Crippen molar-refractivity contribution in [3.8, 4) is 0 Å². The minimum Gasteiger partial charge on any atom is -0.394 e. The lowest BCUT2D eigenvalue weighted by Crippen LogP contribution is -2.61. The van der Waals surface area contributed by atoms with Gasteiger partial charge in [0.1, 0.15) is 36.6 Å². The average molecular weight is 448 g/mol. The molecule has 10 atom stereocenters. The van der Waals surface area contributed by atoms with Crippen molar-refractivity contribution in [2.75, 3.05) is 20.3 Å². The molecular weight excluding hydrogens is 424 g/mol. The zero-order valence-corrected chi connectivity index (χ0v) is 16.3. The summed E-state index contributed by atoms with van der Waals surface area (Å²) in [6.07, 6.45) is -9.81. The molecule has 0 aromatic heterocycles. The van der Waals surface area contributed by atoms with Crippen LogP contribution in [0.2, 0.25) is 0 Å². The van der Waals surface area contributed by atoms with Crippen LogP contribution in [0.5, 0.6) is 0 Å². The van der Waals surface area contributed by atoms with Crippen molar-refractivity contribution < 1.29 is 66.2 Å². The lowest BCUT2D eigenvalue weighted by atomic mass is 9.90. The zero-order chi connectivity index (χ0) is 21.3. The van der Waals surface area contributed by atoms with Gasteiger partial charge in [0, 0.05) is 13.0 Å². The van der Waals surface area contributed by atoms with Gasteiger partial charge in [0.25, 0.3) is 0 Å². The minimum atomic E-state index is -4.86. The van der Waals surface area contributed by atoms with E-state index in [1.807, 2.05) is 0 Å². The van der Waals surface area contributed by atoms with Crippen molar-refractivity contribution in [1.29, 1.82) is 0 Å². The molecule has 14 nitrogen and oxygen atoms in total. The first kappa shape index (κ1) is 23.1. The molecule has 15 heteroatoms. The van der Waals surface area contributed by atoms with Gasteiger partial charge in [-0.3, -0.25) is 4.55 Å². The van der Waals surface area contributed by atoms with Gasteiger partial charge >= 0.3 is 10.4 Å². The van der Waals surface area contributed by atoms with Gasteiger partial charge in [-0.2, -0.15) is 13.3 Å². The predicted octanol–water partition coefficient (Wildman–Crippen LogP) is -2.17. The van der Waals surface area contributed by atoms with Crippen molar-refractivity contribution in [2.24, 2.45) is 5.92 Å². The second-order valence-electron chi connectivity index (χ2n) is 6.88. The third-order valence-corrected chi connectivity index (χ3v) is 5.61. The monoisotopic (exact) mass is 448 g/mol. The Hall–Kier alpha value is -0.530. The Bertz CT molecular complexity index is 642. The molecule has 4 N–H and O–H groups in total. The highest BCUT2D eigenvalue weighted by Crippen LogP contribution is 2.37. The van der Waals surface area contributed by atoms with Gasteiger partial charge < -0.3 is 33.9 Å². The summed E-state index contributed by atoms with van der Waals surface area (Å²) in [4.78, 5) is 4.64. The Morgan fingerprint density at radius 2 is 1.86 bits per heavy atom. The van der Waals surface area contributed by atoms with Crippen LogP contribution in [0.1, 0.15) is 6.92 Å². The molecule has 0 radical (unpaired) electrons. The quantitative estimate of drug-likeness (QED) is 0.178. The van der Waals surface area contributed by atoms with Gasteiger partial charge in [0.05, 0.1) is 13.2 Å². The number of hydrogen-bond donors (Lipinski definition) is 4. The number of methoxy groups -OCH3 is 1. The Balaban J connectivity index is 1.75. The van der Waals surface area contributed by atoms with Crippen molar-refractivity contribution in [1.82, 2.24) is 0 Å². The molecule has 0 aliphatic carbocycles. The summed E-state index contributed by atoms with van der Waals surface area (Å²) in [5.41, 5.74) is 0. The number of aliphatic hydroxyl groups is 2. The first-order valence-corrected chi connectivity index (χ1v) is 10.1. The molecule has 0 spiro atoms. The molecule has 3 heterocycles. The maximum Gasteiger partial charge on any atom is 0.397 e. The van der Waals surface area contributed by atoms with Crippen LogP contribution < -0.4 is 0 Å². The second kappa shape index (κ2) is 9.31. The summed E-state index contributed by atoms with van der Waals surface area (Å²) in [5, 5.41) is 32.2. The Morgan fingerprint density at radius 1 is 1.14 bits per heavy atom. The molecule has 0 saturated carbocycles. The van der Waals surface area contributed by atoms with E-state index in [9.17, 15) is 18.6 Å². The average Bonchev–Trinajstić information content (AvgIpc) is 2.96. The number of rotatable bonds is 8. The summed E-state index contributed by atoms with van der Waals surface area (Å²) in [6.45, 7) is 1.03. The van der Waals surface area contributed by atoms with Crippen LogP contribution >= 0.6 is 0 Å². The Labute approximate surface area is 165 Å². The first-order valence-electron chi connectivity index (χ1n) is 8.72. The van der Waals surface area contributed by atoms with E-state index in [4.69, 9.17) is 33.5 Å². The standard InChI is InChI=1S/C14H24O14S/c1-5-8(16)13(23-6(3-15)9(5)26-28-17)25-10-7-4-22-11(10)12(14(21-2)24-7)27-29(18,19)20/h5-17H,3-4H2,1-2H3,(H,18,19,20)/t5-,6?,7?,8?,9-,10+,11-,12?,13+,14+/m1/s1. The molecule has 0 aromatic rings. The fraction of sp³-hybridized carbons (Fsp3) is 1.00. The molecule has 3 rings (SSSR count). The molecule has 3 saturated heterocycles. The van der Waals surface area contributed by atoms with Gasteiger partial charge in [-0.15, -0.1) is 0 Å². The molecule has 2 bridgehead atoms. The van der Waals surface area contributed by atoms with Crippen LogP contribution in [0.25, 0.3) is 0 Å². The van der Waals surface area contributed by atoms with Gasteiger partial charge in [0.15, 0.2) is 18.7 Å². The van der Waals surface area contributed by atoms with Crippen LogP contribution in [0, 0.1) is 5.92 Å². The lowest BCUT2D eigenvalue weighted by Gasteiger charge is -2.44. The SMILES string of the molecule is CO[C@H]1OC2CO[C@@H](C1OS(=O)(=O)O)[C@H]2O[C@@H]1OC(CO)[C@H](OOO)[C@H](C)C1O. The van der Waals surface area contributed by atoms with Crippen LogP contribution in [-0.4, -0.2) is 104 Å². The molecular formula is C14H24O14S. The normalized spacial score (nSPS) is 45.4. The molecule has 3 fully saturated rings. The summed E-state index contributed by atoms with van der Waals surface area (Å²) in [6, 6.07) is 0. The topological polar surface area (TPSA) is 189 Å². The highest BCUT2D eigenvalue weighted by atomic mass is 32.3. The van der Waals surface area contributed by atoms with Crippen molar-refractivity contribution in [3.05, 3.63) is 0 Å². The molecule has 4 unspecified atom stereocenters. The zero-order valence-electron chi connectivity index (χ0n) is 15.5. The number of hydrogen-bond acceptors (Lipinski definition) is 13. The third-order valence-electron chi connectivity index (χ3n) is 5.15. The fourth-order valence-corrected chi connectivity index (χ4v) is 4.21. The van der Waals surface area contributed by atoms with Crippen LogP contribution in [0.4, 0.5) is 0 Å². The Kier molecular flexibility index (Phi) is 7.43. The number of ether oxygens (including phenoxy) is 5. The second-order valence-corrected chi connectivity index (χ2v) is 7.92. The highest BCUT2D eigenvalue weighted by molar-refractivity contribution is 7.80. The maximum absolute atomic E-state index is 11.2. The summed E-state index contributed by atoms with van der Waals surface area (Å²) < 4.78 is 63.5. The first-order chi connectivity index (χ1) is 13.7. The highest BCUT2D eigenvalue weighted by Gasteiger charge is 2.56. The molecule has 0 aromatic carbocycles. The number of fused-ring (bicyclic) bond motifs is 2. The van der Waals surface area contributed by atoms with Gasteiger partial charge in [-0.05, 0) is 0 Å². The van der Waals surface area contributed by atoms with Crippen molar-refractivity contribution >= 4 is 10.4 Å². The van der Waals surface area contributed by atoms with Gasteiger partial charge in [-0.25, -0.2) is 9.44 Å². The Morgan fingerprint density at radius 3 is 2.45 bits per heavy atom. The van der Waals surface area contributed by atoms with E-state index in [1.165, 1.54) is 7.11 Å². The fourth-order valence-electron chi connectivity index (χ4n) is 3.73. The van der Waals surface area contributed by atoms with Crippen LogP contribution in [0.3, 0.4) is 0 Å². The van der Waals surface area contributed by atoms with E-state index in [-0.39, 0.29) is 6.61 Å². The molecule has 3 aliphatic heterocycles. The minimum absolute atomic E-state index is 0.00636. The summed E-state index contributed by atoms with van der Waals surface area (Å²) in [5.74, 6) is -0.697. The van der Waals surface area contributed by atoms with Crippen molar-refractivity contribution in [3.63, 3.8) is 0 Å². The van der Waals surface area contributed by atoms with E-state index in [2.05, 4.69) is 14.1 Å². The molecule has 170 valence electrons. The lowest BCUT2D eigenvalue weighted by molar-refractivity contribution is -0.524. The van der Waals surface area contributed by atoms with E-state index in [0.29, 0.717) is 0 Å². The van der Waals surface area contributed by atoms with E-state index in [0.717, 1.165) is 0 Å². The maximum atomic E-state index is 11.2. The van der Waals surface area contributed by atoms with E-state index < -0.39 is 78.2 Å². The smallest absolute Gasteiger partial charge is 0.394 e. The summed E-state index contributed by atoms with van der Waals surface area (Å²) in [7, 11) is -3.60. The van der Waals surface area contributed by atoms with Crippen LogP contribution in [0.15, 0.2) is 0 Å². The molecule has 0 amide bonds.